The van der Waals surface area contributed by atoms with Crippen LogP contribution in [0.5, 0.6) is 0 Å². The van der Waals surface area contributed by atoms with Crippen LogP contribution in [0.25, 0.3) is 22.7 Å². The van der Waals surface area contributed by atoms with Crippen LogP contribution in [0, 0.1) is 5.92 Å². The van der Waals surface area contributed by atoms with Crippen LogP contribution >= 0.6 is 0 Å². The van der Waals surface area contributed by atoms with E-state index in [4.69, 9.17) is 10.3 Å². The summed E-state index contributed by atoms with van der Waals surface area (Å²) in [5.74, 6) is 1.09. The highest BCUT2D eigenvalue weighted by Gasteiger charge is 2.38. The maximum Gasteiger partial charge on any atom is 0.261 e. The summed E-state index contributed by atoms with van der Waals surface area (Å²) in [6, 6.07) is 3.91. The summed E-state index contributed by atoms with van der Waals surface area (Å²) in [5, 5.41) is 11.0. The van der Waals surface area contributed by atoms with Gasteiger partial charge in [-0.25, -0.2) is 9.97 Å². The van der Waals surface area contributed by atoms with E-state index in [1.54, 1.807) is 31.8 Å². The van der Waals surface area contributed by atoms with Gasteiger partial charge in [0.05, 0.1) is 22.9 Å². The zero-order valence-electron chi connectivity index (χ0n) is 18.9. The first-order chi connectivity index (χ1) is 15.8. The number of rotatable bonds is 7. The van der Waals surface area contributed by atoms with Crippen LogP contribution < -0.4 is 11.1 Å². The first-order valence-electron chi connectivity index (χ1n) is 10.4. The van der Waals surface area contributed by atoms with E-state index < -0.39 is 5.41 Å². The lowest BCUT2D eigenvalue weighted by atomic mass is 9.73. The van der Waals surface area contributed by atoms with Crippen LogP contribution in [0.15, 0.2) is 47.6 Å². The number of pyridine rings is 1. The fourth-order valence-electron chi connectivity index (χ4n) is 3.40. The molecule has 11 nitrogen and oxygen atoms in total. The number of hydrogen-bond acceptors (Lipinski definition) is 9. The molecule has 4 heterocycles. The van der Waals surface area contributed by atoms with Gasteiger partial charge in [0.1, 0.15) is 6.54 Å². The van der Waals surface area contributed by atoms with Crippen molar-refractivity contribution in [1.29, 1.82) is 0 Å². The van der Waals surface area contributed by atoms with E-state index in [1.165, 1.54) is 4.68 Å². The molecule has 0 aliphatic carbocycles. The van der Waals surface area contributed by atoms with Crippen LogP contribution in [0.2, 0.25) is 0 Å². The highest BCUT2D eigenvalue weighted by molar-refractivity contribution is 5.75. The highest BCUT2D eigenvalue weighted by Crippen LogP contribution is 2.38. The van der Waals surface area contributed by atoms with Gasteiger partial charge in [0.25, 0.3) is 5.89 Å². The normalized spacial score (nSPS) is 13.1. The number of nitrogens with one attached hydrogen (secondary N) is 1. The molecule has 0 aliphatic heterocycles. The maximum absolute atomic E-state index is 11.6. The van der Waals surface area contributed by atoms with Crippen LogP contribution in [-0.2, 0) is 16.8 Å². The number of amides is 1. The zero-order chi connectivity index (χ0) is 23.6. The highest BCUT2D eigenvalue weighted by atomic mass is 16.5. The predicted molar refractivity (Wildman–Crippen MR) is 121 cm³/mol. The molecular formula is C22H25N9O2. The van der Waals surface area contributed by atoms with E-state index >= 15 is 0 Å². The average molecular weight is 448 g/mol. The lowest BCUT2D eigenvalue weighted by molar-refractivity contribution is -0.121. The summed E-state index contributed by atoms with van der Waals surface area (Å²) < 4.78 is 7.07. The van der Waals surface area contributed by atoms with Gasteiger partial charge in [-0.1, -0.05) is 25.1 Å². The Bertz CT molecular complexity index is 1250. The number of likely N-dealkylation sites (N-methyl/N-ethyl adjacent to an activating group) is 1. The number of anilines is 1. The van der Waals surface area contributed by atoms with E-state index in [-0.39, 0.29) is 24.3 Å². The molecule has 0 saturated heterocycles. The van der Waals surface area contributed by atoms with Gasteiger partial charge in [0.2, 0.25) is 11.9 Å². The minimum Gasteiger partial charge on any atom is -0.368 e. The molecule has 0 bridgehead atoms. The van der Waals surface area contributed by atoms with E-state index in [0.29, 0.717) is 17.3 Å². The molecule has 1 atom stereocenters. The number of carbonyl (C=O) groups excluding carboxylic acids is 1. The monoisotopic (exact) mass is 447 g/mol. The summed E-state index contributed by atoms with van der Waals surface area (Å²) in [6.45, 7) is 6.36. The maximum atomic E-state index is 11.6. The third-order valence-corrected chi connectivity index (χ3v) is 5.84. The molecule has 4 rings (SSSR count). The fourth-order valence-corrected chi connectivity index (χ4v) is 3.40. The predicted octanol–water partition coefficient (Wildman–Crippen LogP) is 2.08. The Labute approximate surface area is 190 Å². The quantitative estimate of drug-likeness (QED) is 0.434. The van der Waals surface area contributed by atoms with Crippen LogP contribution in [-0.4, -0.2) is 47.8 Å². The second-order valence-electron chi connectivity index (χ2n) is 8.14. The van der Waals surface area contributed by atoms with Gasteiger partial charge < -0.3 is 15.6 Å². The molecule has 0 saturated carbocycles. The molecule has 4 aromatic rings. The number of hydrogen-bond donors (Lipinski definition) is 2. The van der Waals surface area contributed by atoms with E-state index in [0.717, 1.165) is 16.8 Å². The Hall–Kier alpha value is -4.15. The van der Waals surface area contributed by atoms with Gasteiger partial charge in [-0.2, -0.15) is 10.1 Å². The minimum absolute atomic E-state index is 0.109. The third-order valence-electron chi connectivity index (χ3n) is 5.84. The molecule has 0 aromatic carbocycles. The van der Waals surface area contributed by atoms with Crippen LogP contribution in [0.1, 0.15) is 32.2 Å². The summed E-state index contributed by atoms with van der Waals surface area (Å²) >= 11 is 0. The van der Waals surface area contributed by atoms with Gasteiger partial charge in [-0.15, -0.1) is 0 Å². The SMILES string of the molecule is CNC(=O)Cn1cc(-c2nc(C(C)(c3ccc(-c4cnc(N)nc4)nc3)C(C)C)no2)cn1. The molecule has 0 radical (unpaired) electrons. The van der Waals surface area contributed by atoms with Crippen molar-refractivity contribution in [3.05, 3.63) is 54.5 Å². The number of carbonyl (C=O) groups is 1. The topological polar surface area (TPSA) is 151 Å². The minimum atomic E-state index is -0.553. The fraction of sp³-hybridized carbons (Fsp3) is 0.318. The molecule has 33 heavy (non-hydrogen) atoms. The first kappa shape index (κ1) is 22.1. The molecule has 1 unspecified atom stereocenters. The number of aromatic nitrogens is 7. The van der Waals surface area contributed by atoms with Crippen molar-refractivity contribution in [2.24, 2.45) is 5.92 Å². The summed E-state index contributed by atoms with van der Waals surface area (Å²) in [7, 11) is 1.58. The Kier molecular flexibility index (Phi) is 5.86. The van der Waals surface area contributed by atoms with Gasteiger partial charge >= 0.3 is 0 Å². The summed E-state index contributed by atoms with van der Waals surface area (Å²) in [4.78, 5) is 28.9. The second-order valence-corrected chi connectivity index (χ2v) is 8.14. The summed E-state index contributed by atoms with van der Waals surface area (Å²) in [5.41, 5.74) is 8.11. The molecule has 11 heteroatoms. The average Bonchev–Trinajstić information content (AvgIpc) is 3.49. The Morgan fingerprint density at radius 2 is 1.91 bits per heavy atom. The molecule has 0 spiro atoms. The van der Waals surface area contributed by atoms with Crippen LogP contribution in [0.4, 0.5) is 5.95 Å². The molecule has 3 N–H and O–H groups in total. The molecule has 1 amide bonds. The van der Waals surface area contributed by atoms with Crippen molar-refractivity contribution in [3.63, 3.8) is 0 Å². The van der Waals surface area contributed by atoms with Crippen molar-refractivity contribution < 1.29 is 9.32 Å². The molecular weight excluding hydrogens is 422 g/mol. The second kappa shape index (κ2) is 8.77. The van der Waals surface area contributed by atoms with Crippen molar-refractivity contribution in [2.45, 2.75) is 32.7 Å². The van der Waals surface area contributed by atoms with Gasteiger partial charge in [0.15, 0.2) is 5.82 Å². The van der Waals surface area contributed by atoms with E-state index in [2.05, 4.69) is 56.3 Å². The zero-order valence-corrected chi connectivity index (χ0v) is 18.9. The smallest absolute Gasteiger partial charge is 0.261 e. The Morgan fingerprint density at radius 3 is 2.55 bits per heavy atom. The molecule has 4 aromatic heterocycles. The Balaban J connectivity index is 1.63. The van der Waals surface area contributed by atoms with Crippen molar-refractivity contribution in [1.82, 2.24) is 40.2 Å². The molecule has 170 valence electrons. The van der Waals surface area contributed by atoms with E-state index in [9.17, 15) is 4.79 Å². The largest absolute Gasteiger partial charge is 0.368 e. The molecule has 0 aliphatic rings. The lowest BCUT2D eigenvalue weighted by Gasteiger charge is -2.30. The lowest BCUT2D eigenvalue weighted by Crippen LogP contribution is -2.31. The summed E-state index contributed by atoms with van der Waals surface area (Å²) in [6.07, 6.45) is 8.38. The number of nitrogens with zero attached hydrogens (tertiary/aromatic N) is 7. The molecule has 0 fully saturated rings. The van der Waals surface area contributed by atoms with Gasteiger partial charge in [0, 0.05) is 37.4 Å². The van der Waals surface area contributed by atoms with Crippen molar-refractivity contribution >= 4 is 11.9 Å². The van der Waals surface area contributed by atoms with Crippen molar-refractivity contribution in [2.75, 3.05) is 12.8 Å². The standard InChI is InChI=1S/C22H25N9O2/c1-13(2)22(3,16-5-6-17(25-10-16)14-7-26-21(23)27-8-14)20-29-19(33-30-20)15-9-28-31(11-15)12-18(32)24-4/h5-11,13H,12H2,1-4H3,(H,24,32)(H2,23,26,27). The number of nitrogen functional groups attached to an aromatic ring is 1. The van der Waals surface area contributed by atoms with Gasteiger partial charge in [-0.05, 0) is 24.5 Å². The van der Waals surface area contributed by atoms with Crippen molar-refractivity contribution in [3.8, 4) is 22.7 Å². The third kappa shape index (κ3) is 4.29. The first-order valence-corrected chi connectivity index (χ1v) is 10.4. The van der Waals surface area contributed by atoms with E-state index in [1.807, 2.05) is 18.3 Å². The van der Waals surface area contributed by atoms with Crippen LogP contribution in [0.3, 0.4) is 0 Å². The van der Waals surface area contributed by atoms with Gasteiger partial charge in [-0.3, -0.25) is 14.5 Å². The number of nitrogens with two attached hydrogens (primary N) is 1. The Morgan fingerprint density at radius 1 is 1.15 bits per heavy atom.